The summed E-state index contributed by atoms with van der Waals surface area (Å²) >= 11 is 0. The van der Waals surface area contributed by atoms with Gasteiger partial charge in [-0.1, -0.05) is 32.9 Å². The minimum atomic E-state index is -0.667. The van der Waals surface area contributed by atoms with Crippen molar-refractivity contribution in [1.29, 1.82) is 0 Å². The average molecular weight is 353 g/mol. The van der Waals surface area contributed by atoms with Crippen LogP contribution in [0.5, 0.6) is 0 Å². The van der Waals surface area contributed by atoms with Crippen LogP contribution in [0.25, 0.3) is 16.6 Å². The number of fused-ring (bicyclic) bond motifs is 1. The van der Waals surface area contributed by atoms with Crippen LogP contribution in [0, 0.1) is 18.2 Å². The molecule has 0 bridgehead atoms. The normalized spacial score (nSPS) is 11.6. The molecule has 0 atom stereocenters. The predicted molar refractivity (Wildman–Crippen MR) is 100 cm³/mol. The van der Waals surface area contributed by atoms with Gasteiger partial charge in [0.05, 0.1) is 22.3 Å². The van der Waals surface area contributed by atoms with Crippen LogP contribution >= 0.6 is 0 Å². The Bertz CT molecular complexity index is 1060. The van der Waals surface area contributed by atoms with Crippen molar-refractivity contribution in [3.05, 3.63) is 64.5 Å². The Labute approximate surface area is 150 Å². The highest BCUT2D eigenvalue weighted by Crippen LogP contribution is 2.23. The van der Waals surface area contributed by atoms with Gasteiger partial charge in [-0.3, -0.25) is 14.2 Å². The highest BCUT2D eigenvalue weighted by molar-refractivity contribution is 5.94. The summed E-state index contributed by atoms with van der Waals surface area (Å²) in [4.78, 5) is 29.5. The molecule has 6 heteroatoms. The van der Waals surface area contributed by atoms with Crippen molar-refractivity contribution in [1.82, 2.24) is 9.55 Å². The van der Waals surface area contributed by atoms with E-state index in [0.717, 1.165) is 0 Å². The van der Waals surface area contributed by atoms with Crippen molar-refractivity contribution < 1.29 is 9.18 Å². The van der Waals surface area contributed by atoms with Crippen molar-refractivity contribution in [3.63, 3.8) is 0 Å². The first-order chi connectivity index (χ1) is 12.2. The lowest BCUT2D eigenvalue weighted by atomic mass is 9.95. The standard InChI is InChI=1S/C20H20FN3O2/c1-12-22-16-8-6-5-7-14(16)18(25)24(12)13-9-10-15(21)17(11-13)23-19(26)20(2,3)4/h5-11H,1-4H3,(H,23,26). The zero-order chi connectivity index (χ0) is 19.1. The van der Waals surface area contributed by atoms with Crippen LogP contribution in [-0.2, 0) is 4.79 Å². The Hall–Kier alpha value is -3.02. The van der Waals surface area contributed by atoms with Crippen molar-refractivity contribution >= 4 is 22.5 Å². The minimum absolute atomic E-state index is 0.0295. The van der Waals surface area contributed by atoms with E-state index in [0.29, 0.717) is 22.4 Å². The molecule has 5 nitrogen and oxygen atoms in total. The molecule has 0 aliphatic carbocycles. The third-order valence-corrected chi connectivity index (χ3v) is 4.08. The number of aryl methyl sites for hydroxylation is 1. The molecule has 0 saturated heterocycles. The monoisotopic (exact) mass is 353 g/mol. The van der Waals surface area contributed by atoms with Crippen LogP contribution in [0.3, 0.4) is 0 Å². The number of hydrogen-bond acceptors (Lipinski definition) is 3. The maximum atomic E-state index is 14.2. The number of benzene rings is 2. The molecule has 3 rings (SSSR count). The first-order valence-electron chi connectivity index (χ1n) is 8.28. The van der Waals surface area contributed by atoms with Crippen molar-refractivity contribution in [2.24, 2.45) is 5.41 Å². The first kappa shape index (κ1) is 17.8. The van der Waals surface area contributed by atoms with E-state index < -0.39 is 11.2 Å². The number of rotatable bonds is 2. The van der Waals surface area contributed by atoms with Crippen LogP contribution in [0.15, 0.2) is 47.3 Å². The fraction of sp³-hybridized carbons (Fsp3) is 0.250. The summed E-state index contributed by atoms with van der Waals surface area (Å²) < 4.78 is 15.6. The third kappa shape index (κ3) is 3.22. The molecule has 3 aromatic rings. The van der Waals surface area contributed by atoms with E-state index in [-0.39, 0.29) is 17.2 Å². The summed E-state index contributed by atoms with van der Waals surface area (Å²) in [7, 11) is 0. The maximum absolute atomic E-state index is 14.2. The number of para-hydroxylation sites is 1. The van der Waals surface area contributed by atoms with E-state index in [1.165, 1.54) is 22.8 Å². The van der Waals surface area contributed by atoms with Crippen molar-refractivity contribution in [3.8, 4) is 5.69 Å². The number of nitrogens with zero attached hydrogens (tertiary/aromatic N) is 2. The molecule has 0 aliphatic rings. The van der Waals surface area contributed by atoms with Crippen LogP contribution in [0.1, 0.15) is 26.6 Å². The van der Waals surface area contributed by atoms with Crippen LogP contribution in [0.2, 0.25) is 0 Å². The molecule has 1 N–H and O–H groups in total. The van der Waals surface area contributed by atoms with E-state index in [4.69, 9.17) is 0 Å². The molecule has 2 aromatic carbocycles. The van der Waals surface area contributed by atoms with E-state index in [1.54, 1.807) is 45.9 Å². The molecule has 0 saturated carbocycles. The van der Waals surface area contributed by atoms with Gasteiger partial charge >= 0.3 is 0 Å². The molecule has 0 spiro atoms. The molecular weight excluding hydrogens is 333 g/mol. The number of carbonyl (C=O) groups excluding carboxylic acids is 1. The Morgan fingerprint density at radius 2 is 1.85 bits per heavy atom. The topological polar surface area (TPSA) is 64.0 Å². The number of amides is 1. The average Bonchev–Trinajstić information content (AvgIpc) is 2.56. The molecule has 0 radical (unpaired) electrons. The molecule has 26 heavy (non-hydrogen) atoms. The SMILES string of the molecule is Cc1nc2ccccc2c(=O)n1-c1ccc(F)c(NC(=O)C(C)(C)C)c1. The summed E-state index contributed by atoms with van der Waals surface area (Å²) in [6.07, 6.45) is 0. The zero-order valence-electron chi connectivity index (χ0n) is 15.1. The second-order valence-electron chi connectivity index (χ2n) is 7.19. The van der Waals surface area contributed by atoms with E-state index in [2.05, 4.69) is 10.3 Å². The number of halogens is 1. The molecule has 0 aliphatic heterocycles. The molecule has 0 unspecified atom stereocenters. The first-order valence-corrected chi connectivity index (χ1v) is 8.28. The fourth-order valence-corrected chi connectivity index (χ4v) is 2.61. The van der Waals surface area contributed by atoms with Gasteiger partial charge in [0.1, 0.15) is 11.6 Å². The smallest absolute Gasteiger partial charge is 0.265 e. The van der Waals surface area contributed by atoms with Gasteiger partial charge in [-0.2, -0.15) is 0 Å². The van der Waals surface area contributed by atoms with Gasteiger partial charge in [-0.15, -0.1) is 0 Å². The van der Waals surface area contributed by atoms with Crippen LogP contribution in [0.4, 0.5) is 10.1 Å². The lowest BCUT2D eigenvalue weighted by Gasteiger charge is -2.19. The Morgan fingerprint density at radius 1 is 1.15 bits per heavy atom. The number of anilines is 1. The van der Waals surface area contributed by atoms with E-state index >= 15 is 0 Å². The fourth-order valence-electron chi connectivity index (χ4n) is 2.61. The lowest BCUT2D eigenvalue weighted by Crippen LogP contribution is -2.28. The maximum Gasteiger partial charge on any atom is 0.265 e. The number of carbonyl (C=O) groups is 1. The van der Waals surface area contributed by atoms with Gasteiger partial charge in [0.2, 0.25) is 5.91 Å². The van der Waals surface area contributed by atoms with Crippen LogP contribution in [-0.4, -0.2) is 15.5 Å². The van der Waals surface area contributed by atoms with Gasteiger partial charge in [0, 0.05) is 5.41 Å². The van der Waals surface area contributed by atoms with Crippen molar-refractivity contribution in [2.45, 2.75) is 27.7 Å². The molecule has 1 amide bonds. The van der Waals surface area contributed by atoms with Crippen molar-refractivity contribution in [2.75, 3.05) is 5.32 Å². The predicted octanol–water partition coefficient (Wildman–Crippen LogP) is 3.82. The largest absolute Gasteiger partial charge is 0.323 e. The number of hydrogen-bond donors (Lipinski definition) is 1. The summed E-state index contributed by atoms with van der Waals surface area (Å²) in [5.74, 6) is -0.395. The van der Waals surface area contributed by atoms with E-state index in [9.17, 15) is 14.0 Å². The van der Waals surface area contributed by atoms with Crippen LogP contribution < -0.4 is 10.9 Å². The third-order valence-electron chi connectivity index (χ3n) is 4.08. The van der Waals surface area contributed by atoms with Gasteiger partial charge in [0.25, 0.3) is 5.56 Å². The quantitative estimate of drug-likeness (QED) is 0.762. The number of nitrogens with one attached hydrogen (secondary N) is 1. The Morgan fingerprint density at radius 3 is 2.54 bits per heavy atom. The summed E-state index contributed by atoms with van der Waals surface area (Å²) in [5, 5.41) is 3.06. The summed E-state index contributed by atoms with van der Waals surface area (Å²) in [6.45, 7) is 6.94. The van der Waals surface area contributed by atoms with Gasteiger partial charge in [0.15, 0.2) is 0 Å². The number of aromatic nitrogens is 2. The lowest BCUT2D eigenvalue weighted by molar-refractivity contribution is -0.123. The zero-order valence-corrected chi connectivity index (χ0v) is 15.1. The summed E-state index contributed by atoms with van der Waals surface area (Å²) in [6, 6.07) is 11.2. The van der Waals surface area contributed by atoms with Gasteiger partial charge in [-0.25, -0.2) is 9.37 Å². The van der Waals surface area contributed by atoms with Gasteiger partial charge in [-0.05, 0) is 37.3 Å². The van der Waals surface area contributed by atoms with Gasteiger partial charge < -0.3 is 5.32 Å². The molecule has 1 heterocycles. The highest BCUT2D eigenvalue weighted by Gasteiger charge is 2.22. The second kappa shape index (κ2) is 6.37. The summed E-state index contributed by atoms with van der Waals surface area (Å²) in [5.41, 5.74) is 0.167. The molecule has 0 fully saturated rings. The highest BCUT2D eigenvalue weighted by atomic mass is 19.1. The molecule has 1 aromatic heterocycles. The second-order valence-corrected chi connectivity index (χ2v) is 7.19. The Kier molecular flexibility index (Phi) is 4.36. The molecular formula is C20H20FN3O2. The Balaban J connectivity index is 2.14. The molecule has 134 valence electrons. The van der Waals surface area contributed by atoms with E-state index in [1.807, 2.05) is 6.07 Å². The minimum Gasteiger partial charge on any atom is -0.323 e.